The molecule has 17 heavy (non-hydrogen) atoms. The van der Waals surface area contributed by atoms with Crippen LogP contribution in [0.1, 0.15) is 24.2 Å². The van der Waals surface area contributed by atoms with Crippen LogP contribution >= 0.6 is 0 Å². The van der Waals surface area contributed by atoms with Crippen LogP contribution in [0.25, 0.3) is 0 Å². The van der Waals surface area contributed by atoms with Crippen LogP contribution in [0.3, 0.4) is 0 Å². The first kappa shape index (κ1) is 11.7. The fraction of sp³-hybridized carbons (Fsp3) is 0.308. The van der Waals surface area contributed by atoms with Gasteiger partial charge in [0.25, 0.3) is 0 Å². The minimum atomic E-state index is -0.251. The molecule has 1 unspecified atom stereocenters. The molecule has 0 spiro atoms. The summed E-state index contributed by atoms with van der Waals surface area (Å²) >= 11 is 0. The summed E-state index contributed by atoms with van der Waals surface area (Å²) in [6, 6.07) is 7.56. The highest BCUT2D eigenvalue weighted by atomic mass is 16.5. The summed E-state index contributed by atoms with van der Waals surface area (Å²) in [6.45, 7) is 2.59. The number of rotatable bonds is 4. The lowest BCUT2D eigenvalue weighted by atomic mass is 10.0. The van der Waals surface area contributed by atoms with Crippen molar-refractivity contribution < 1.29 is 4.74 Å². The van der Waals surface area contributed by atoms with E-state index in [1.165, 1.54) is 0 Å². The highest BCUT2D eigenvalue weighted by Crippen LogP contribution is 2.27. The zero-order valence-corrected chi connectivity index (χ0v) is 10.1. The fourth-order valence-electron chi connectivity index (χ4n) is 1.78. The third-order valence-electron chi connectivity index (χ3n) is 2.60. The van der Waals surface area contributed by atoms with Gasteiger partial charge < -0.3 is 15.0 Å². The van der Waals surface area contributed by atoms with Crippen molar-refractivity contribution in [3.8, 4) is 5.75 Å². The number of hydrogen-bond acceptors (Lipinski definition) is 3. The molecule has 4 nitrogen and oxygen atoms in total. The number of imidazole rings is 1. The second-order valence-electron chi connectivity index (χ2n) is 3.91. The van der Waals surface area contributed by atoms with Gasteiger partial charge in [-0.3, -0.25) is 0 Å². The molecule has 0 aliphatic carbocycles. The maximum Gasteiger partial charge on any atom is 0.124 e. The number of aromatic nitrogens is 2. The first-order chi connectivity index (χ1) is 8.22. The average Bonchev–Trinajstić information content (AvgIpc) is 2.76. The van der Waals surface area contributed by atoms with Gasteiger partial charge in [0, 0.05) is 18.8 Å². The molecular formula is C13H17N3O. The summed E-state index contributed by atoms with van der Waals surface area (Å²) in [7, 11) is 1.93. The molecule has 2 N–H and O–H groups in total. The Morgan fingerprint density at radius 1 is 1.41 bits per heavy atom. The van der Waals surface area contributed by atoms with Crippen LogP contribution in [-0.2, 0) is 7.05 Å². The molecule has 0 saturated heterocycles. The summed E-state index contributed by atoms with van der Waals surface area (Å²) in [5, 5.41) is 0. The van der Waals surface area contributed by atoms with Gasteiger partial charge in [0.15, 0.2) is 0 Å². The molecule has 90 valence electrons. The van der Waals surface area contributed by atoms with Gasteiger partial charge >= 0.3 is 0 Å². The molecule has 2 aromatic rings. The standard InChI is InChI=1S/C13H17N3O/c1-3-17-12-7-5-4-6-10(12)13(14)11-8-16(2)9-15-11/h4-9,13H,3,14H2,1-2H3. The van der Waals surface area contributed by atoms with Gasteiger partial charge in [0.05, 0.1) is 24.7 Å². The maximum atomic E-state index is 6.20. The summed E-state index contributed by atoms with van der Waals surface area (Å²) < 4.78 is 7.46. The molecule has 0 radical (unpaired) electrons. The summed E-state index contributed by atoms with van der Waals surface area (Å²) in [5.41, 5.74) is 8.02. The fourth-order valence-corrected chi connectivity index (χ4v) is 1.78. The Hall–Kier alpha value is -1.81. The molecule has 0 saturated carbocycles. The first-order valence-electron chi connectivity index (χ1n) is 5.67. The van der Waals surface area contributed by atoms with E-state index < -0.39 is 0 Å². The topological polar surface area (TPSA) is 53.1 Å². The zero-order chi connectivity index (χ0) is 12.3. The van der Waals surface area contributed by atoms with Crippen molar-refractivity contribution in [1.29, 1.82) is 0 Å². The molecule has 0 aliphatic rings. The predicted octanol–water partition coefficient (Wildman–Crippen LogP) is 1.87. The van der Waals surface area contributed by atoms with E-state index in [0.29, 0.717) is 6.61 Å². The van der Waals surface area contributed by atoms with Crippen LogP contribution in [0.15, 0.2) is 36.8 Å². The van der Waals surface area contributed by atoms with Crippen molar-refractivity contribution in [2.24, 2.45) is 12.8 Å². The van der Waals surface area contributed by atoms with Crippen LogP contribution in [-0.4, -0.2) is 16.2 Å². The Kier molecular flexibility index (Phi) is 3.44. The van der Waals surface area contributed by atoms with Gasteiger partial charge in [-0.25, -0.2) is 4.98 Å². The summed E-state index contributed by atoms with van der Waals surface area (Å²) in [6.07, 6.45) is 3.67. The van der Waals surface area contributed by atoms with Crippen LogP contribution in [0.5, 0.6) is 5.75 Å². The molecule has 0 fully saturated rings. The highest BCUT2D eigenvalue weighted by Gasteiger charge is 2.15. The van der Waals surface area contributed by atoms with E-state index in [2.05, 4.69) is 4.98 Å². The van der Waals surface area contributed by atoms with Crippen molar-refractivity contribution in [3.05, 3.63) is 48.0 Å². The molecule has 2 rings (SSSR count). The van der Waals surface area contributed by atoms with Crippen LogP contribution in [0, 0.1) is 0 Å². The molecule has 1 aromatic carbocycles. The zero-order valence-electron chi connectivity index (χ0n) is 10.1. The Bertz CT molecular complexity index is 493. The van der Waals surface area contributed by atoms with Crippen molar-refractivity contribution in [3.63, 3.8) is 0 Å². The van der Waals surface area contributed by atoms with E-state index in [4.69, 9.17) is 10.5 Å². The van der Waals surface area contributed by atoms with E-state index in [1.807, 2.05) is 49.0 Å². The van der Waals surface area contributed by atoms with E-state index >= 15 is 0 Å². The number of nitrogens with zero attached hydrogens (tertiary/aromatic N) is 2. The minimum Gasteiger partial charge on any atom is -0.494 e. The molecule has 4 heteroatoms. The Morgan fingerprint density at radius 3 is 2.82 bits per heavy atom. The Morgan fingerprint density at radius 2 is 2.18 bits per heavy atom. The van der Waals surface area contributed by atoms with E-state index in [1.54, 1.807) is 6.33 Å². The third kappa shape index (κ3) is 2.47. The summed E-state index contributed by atoms with van der Waals surface area (Å²) in [4.78, 5) is 4.28. The van der Waals surface area contributed by atoms with E-state index in [9.17, 15) is 0 Å². The molecular weight excluding hydrogens is 214 g/mol. The second kappa shape index (κ2) is 5.01. The van der Waals surface area contributed by atoms with Gasteiger partial charge in [-0.15, -0.1) is 0 Å². The lowest BCUT2D eigenvalue weighted by Crippen LogP contribution is -2.14. The van der Waals surface area contributed by atoms with Crippen LogP contribution < -0.4 is 10.5 Å². The highest BCUT2D eigenvalue weighted by molar-refractivity contribution is 5.39. The van der Waals surface area contributed by atoms with Gasteiger partial charge in [-0.05, 0) is 13.0 Å². The monoisotopic (exact) mass is 231 g/mol. The smallest absolute Gasteiger partial charge is 0.124 e. The van der Waals surface area contributed by atoms with Gasteiger partial charge in [0.2, 0.25) is 0 Å². The lowest BCUT2D eigenvalue weighted by molar-refractivity contribution is 0.335. The first-order valence-corrected chi connectivity index (χ1v) is 5.67. The van der Waals surface area contributed by atoms with Gasteiger partial charge in [-0.2, -0.15) is 0 Å². The van der Waals surface area contributed by atoms with Crippen LogP contribution in [0.4, 0.5) is 0 Å². The predicted molar refractivity (Wildman–Crippen MR) is 66.8 cm³/mol. The number of benzene rings is 1. The second-order valence-corrected chi connectivity index (χ2v) is 3.91. The molecule has 0 aliphatic heterocycles. The number of ether oxygens (including phenoxy) is 1. The molecule has 1 heterocycles. The molecule has 0 bridgehead atoms. The van der Waals surface area contributed by atoms with Gasteiger partial charge in [-0.1, -0.05) is 18.2 Å². The van der Waals surface area contributed by atoms with Crippen LogP contribution in [0.2, 0.25) is 0 Å². The SMILES string of the molecule is CCOc1ccccc1C(N)c1cn(C)cn1. The van der Waals surface area contributed by atoms with Crippen molar-refractivity contribution >= 4 is 0 Å². The number of para-hydroxylation sites is 1. The number of hydrogen-bond donors (Lipinski definition) is 1. The largest absolute Gasteiger partial charge is 0.494 e. The Balaban J connectivity index is 2.33. The molecule has 0 amide bonds. The normalized spacial score (nSPS) is 12.4. The van der Waals surface area contributed by atoms with E-state index in [0.717, 1.165) is 17.0 Å². The van der Waals surface area contributed by atoms with Crippen molar-refractivity contribution in [2.75, 3.05) is 6.61 Å². The maximum absolute atomic E-state index is 6.20. The molecule has 1 aromatic heterocycles. The van der Waals surface area contributed by atoms with Crippen molar-refractivity contribution in [1.82, 2.24) is 9.55 Å². The minimum absolute atomic E-state index is 0.251. The van der Waals surface area contributed by atoms with E-state index in [-0.39, 0.29) is 6.04 Å². The number of nitrogens with two attached hydrogens (primary N) is 1. The summed E-state index contributed by atoms with van der Waals surface area (Å²) in [5.74, 6) is 0.827. The quantitative estimate of drug-likeness (QED) is 0.874. The number of aryl methyl sites for hydroxylation is 1. The Labute approximate surface area is 101 Å². The third-order valence-corrected chi connectivity index (χ3v) is 2.60. The van der Waals surface area contributed by atoms with Gasteiger partial charge in [0.1, 0.15) is 5.75 Å². The lowest BCUT2D eigenvalue weighted by Gasteiger charge is -2.14. The molecule has 1 atom stereocenters. The average molecular weight is 231 g/mol. The van der Waals surface area contributed by atoms with Crippen molar-refractivity contribution in [2.45, 2.75) is 13.0 Å².